The van der Waals surface area contributed by atoms with Gasteiger partial charge in [0.15, 0.2) is 0 Å². The summed E-state index contributed by atoms with van der Waals surface area (Å²) >= 11 is 6.98. The molecule has 0 atom stereocenters. The summed E-state index contributed by atoms with van der Waals surface area (Å²) in [4.78, 5) is 12.7. The van der Waals surface area contributed by atoms with Crippen molar-refractivity contribution in [1.82, 2.24) is 9.59 Å². The first-order valence-electron chi connectivity index (χ1n) is 4.80. The van der Waals surface area contributed by atoms with Crippen LogP contribution in [0.15, 0.2) is 18.2 Å². The lowest BCUT2D eigenvalue weighted by molar-refractivity contribution is 0.104. The predicted molar refractivity (Wildman–Crippen MR) is 66.1 cm³/mol. The van der Waals surface area contributed by atoms with Crippen molar-refractivity contribution >= 4 is 28.9 Å². The van der Waals surface area contributed by atoms with Gasteiger partial charge in [0, 0.05) is 5.56 Å². The average molecular weight is 269 g/mol. The maximum Gasteiger partial charge on any atom is 0.206 e. The molecule has 2 aromatic rings. The lowest BCUT2D eigenvalue weighted by atomic mass is 10.1. The monoisotopic (exact) mass is 268 g/mol. The number of ketones is 1. The summed E-state index contributed by atoms with van der Waals surface area (Å²) in [5, 5.41) is 4.29. The van der Waals surface area contributed by atoms with Crippen LogP contribution in [0.3, 0.4) is 0 Å². The summed E-state index contributed by atoms with van der Waals surface area (Å²) in [6.07, 6.45) is 0. The lowest BCUT2D eigenvalue weighted by Crippen LogP contribution is -2.01. The van der Waals surface area contributed by atoms with E-state index in [1.807, 2.05) is 0 Å². The van der Waals surface area contributed by atoms with Gasteiger partial charge in [-0.2, -0.15) is 0 Å². The number of nitrogens with zero attached hydrogens (tertiary/aromatic N) is 2. The highest BCUT2D eigenvalue weighted by atomic mass is 35.5. The molecular weight excluding hydrogens is 260 g/mol. The number of aryl methyl sites for hydroxylation is 1. The number of methoxy groups -OCH3 is 1. The van der Waals surface area contributed by atoms with Gasteiger partial charge in [0.2, 0.25) is 5.78 Å². The number of benzene rings is 1. The molecule has 1 aromatic carbocycles. The topological polar surface area (TPSA) is 52.1 Å². The van der Waals surface area contributed by atoms with Gasteiger partial charge in [0.1, 0.15) is 10.6 Å². The minimum atomic E-state index is -0.118. The van der Waals surface area contributed by atoms with Crippen molar-refractivity contribution in [3.8, 4) is 5.75 Å². The second-order valence-corrected chi connectivity index (χ2v) is 4.53. The Bertz CT molecular complexity index is 568. The first-order valence-corrected chi connectivity index (χ1v) is 5.96. The maximum atomic E-state index is 12.1. The van der Waals surface area contributed by atoms with Crippen LogP contribution in [0.5, 0.6) is 5.75 Å². The van der Waals surface area contributed by atoms with Crippen LogP contribution in [0.25, 0.3) is 0 Å². The third-order valence-electron chi connectivity index (χ3n) is 2.27. The van der Waals surface area contributed by atoms with Crippen molar-refractivity contribution < 1.29 is 9.53 Å². The second kappa shape index (κ2) is 4.81. The lowest BCUT2D eigenvalue weighted by Gasteiger charge is -2.04. The number of hydrogen-bond acceptors (Lipinski definition) is 5. The zero-order valence-corrected chi connectivity index (χ0v) is 10.8. The fourth-order valence-corrected chi connectivity index (χ4v) is 2.19. The highest BCUT2D eigenvalue weighted by Gasteiger charge is 2.16. The zero-order valence-electron chi connectivity index (χ0n) is 9.23. The Morgan fingerprint density at radius 3 is 2.82 bits per heavy atom. The van der Waals surface area contributed by atoms with Gasteiger partial charge in [0.05, 0.1) is 17.8 Å². The molecule has 0 bridgehead atoms. The number of carbonyl (C=O) groups excluding carboxylic acids is 1. The van der Waals surface area contributed by atoms with Crippen LogP contribution >= 0.6 is 23.1 Å². The highest BCUT2D eigenvalue weighted by molar-refractivity contribution is 7.08. The van der Waals surface area contributed by atoms with Crippen LogP contribution in [0, 0.1) is 6.92 Å². The minimum absolute atomic E-state index is 0.118. The Morgan fingerprint density at radius 2 is 2.24 bits per heavy atom. The zero-order chi connectivity index (χ0) is 12.4. The number of aromatic nitrogens is 2. The van der Waals surface area contributed by atoms with E-state index in [1.165, 1.54) is 7.11 Å². The fourth-order valence-electron chi connectivity index (χ4n) is 1.37. The third kappa shape index (κ3) is 2.30. The van der Waals surface area contributed by atoms with E-state index in [1.54, 1.807) is 25.1 Å². The number of carbonyl (C=O) groups is 1. The quantitative estimate of drug-likeness (QED) is 0.803. The van der Waals surface area contributed by atoms with E-state index in [9.17, 15) is 4.79 Å². The van der Waals surface area contributed by atoms with Crippen LogP contribution in [0.2, 0.25) is 5.02 Å². The standard InChI is InChI=1S/C11H9ClN2O2S/c1-6-11(17-14-13-6)10(15)7-3-4-8(12)9(5-7)16-2/h3-5H,1-2H3. The van der Waals surface area contributed by atoms with Crippen LogP contribution in [0.4, 0.5) is 0 Å². The van der Waals surface area contributed by atoms with Gasteiger partial charge in [-0.15, -0.1) is 5.10 Å². The average Bonchev–Trinajstić information content (AvgIpc) is 2.75. The normalized spacial score (nSPS) is 10.3. The van der Waals surface area contributed by atoms with E-state index in [2.05, 4.69) is 9.59 Å². The number of ether oxygens (including phenoxy) is 1. The Balaban J connectivity index is 2.41. The summed E-state index contributed by atoms with van der Waals surface area (Å²) in [6.45, 7) is 1.75. The van der Waals surface area contributed by atoms with E-state index >= 15 is 0 Å². The van der Waals surface area contributed by atoms with Gasteiger partial charge in [-0.25, -0.2) is 0 Å². The predicted octanol–water partition coefficient (Wildman–Crippen LogP) is 2.74. The molecule has 0 aliphatic rings. The second-order valence-electron chi connectivity index (χ2n) is 3.37. The molecule has 1 aromatic heterocycles. The molecule has 2 rings (SSSR count). The van der Waals surface area contributed by atoms with Gasteiger partial charge in [-0.1, -0.05) is 16.1 Å². The van der Waals surface area contributed by atoms with E-state index in [-0.39, 0.29) is 5.78 Å². The van der Waals surface area contributed by atoms with Gasteiger partial charge < -0.3 is 4.74 Å². The van der Waals surface area contributed by atoms with Crippen molar-refractivity contribution in [2.24, 2.45) is 0 Å². The molecular formula is C11H9ClN2O2S. The molecule has 0 spiro atoms. The molecule has 0 fully saturated rings. The Hall–Kier alpha value is -1.46. The number of rotatable bonds is 3. The molecule has 0 aliphatic carbocycles. The largest absolute Gasteiger partial charge is 0.495 e. The smallest absolute Gasteiger partial charge is 0.206 e. The highest BCUT2D eigenvalue weighted by Crippen LogP contribution is 2.26. The summed E-state index contributed by atoms with van der Waals surface area (Å²) in [7, 11) is 1.51. The molecule has 6 heteroatoms. The fraction of sp³-hybridized carbons (Fsp3) is 0.182. The summed E-state index contributed by atoms with van der Waals surface area (Å²) in [5.41, 5.74) is 1.15. The van der Waals surface area contributed by atoms with Crippen molar-refractivity contribution in [3.05, 3.63) is 39.4 Å². The van der Waals surface area contributed by atoms with Crippen LogP contribution in [0.1, 0.15) is 20.9 Å². The van der Waals surface area contributed by atoms with Gasteiger partial charge >= 0.3 is 0 Å². The minimum Gasteiger partial charge on any atom is -0.495 e. The van der Waals surface area contributed by atoms with E-state index in [4.69, 9.17) is 16.3 Å². The number of halogens is 1. The van der Waals surface area contributed by atoms with Crippen molar-refractivity contribution in [2.45, 2.75) is 6.92 Å². The van der Waals surface area contributed by atoms with Crippen molar-refractivity contribution in [3.63, 3.8) is 0 Å². The van der Waals surface area contributed by atoms with Crippen LogP contribution < -0.4 is 4.74 Å². The number of hydrogen-bond donors (Lipinski definition) is 0. The van der Waals surface area contributed by atoms with E-state index in [0.29, 0.717) is 26.9 Å². The van der Waals surface area contributed by atoms with Crippen LogP contribution in [-0.4, -0.2) is 22.5 Å². The molecule has 0 unspecified atom stereocenters. The molecule has 0 radical (unpaired) electrons. The molecule has 4 nitrogen and oxygen atoms in total. The Morgan fingerprint density at radius 1 is 1.47 bits per heavy atom. The Kier molecular flexibility index (Phi) is 3.40. The maximum absolute atomic E-state index is 12.1. The Labute approximate surface area is 107 Å². The first-order chi connectivity index (χ1) is 8.13. The van der Waals surface area contributed by atoms with Crippen molar-refractivity contribution in [2.75, 3.05) is 7.11 Å². The molecule has 0 N–H and O–H groups in total. The summed E-state index contributed by atoms with van der Waals surface area (Å²) < 4.78 is 8.81. The van der Waals surface area contributed by atoms with Crippen molar-refractivity contribution in [1.29, 1.82) is 0 Å². The summed E-state index contributed by atoms with van der Waals surface area (Å²) in [6, 6.07) is 4.91. The molecule has 0 amide bonds. The SMILES string of the molecule is COc1cc(C(=O)c2snnc2C)ccc1Cl. The van der Waals surface area contributed by atoms with Gasteiger partial charge in [-0.3, -0.25) is 4.79 Å². The van der Waals surface area contributed by atoms with E-state index in [0.717, 1.165) is 11.5 Å². The molecule has 1 heterocycles. The molecule has 17 heavy (non-hydrogen) atoms. The first kappa shape index (κ1) is 12.0. The van der Waals surface area contributed by atoms with Gasteiger partial charge in [0.25, 0.3) is 0 Å². The molecule has 0 aliphatic heterocycles. The summed E-state index contributed by atoms with van der Waals surface area (Å²) in [5.74, 6) is 0.361. The third-order valence-corrected chi connectivity index (χ3v) is 3.41. The molecule has 0 saturated heterocycles. The van der Waals surface area contributed by atoms with Crippen LogP contribution in [-0.2, 0) is 0 Å². The van der Waals surface area contributed by atoms with Gasteiger partial charge in [-0.05, 0) is 36.7 Å². The molecule has 88 valence electrons. The molecule has 0 saturated carbocycles. The van der Waals surface area contributed by atoms with E-state index < -0.39 is 0 Å².